The summed E-state index contributed by atoms with van der Waals surface area (Å²) in [6, 6.07) is 6.79. The van der Waals surface area contributed by atoms with Gasteiger partial charge in [0.05, 0.1) is 25.8 Å². The number of rotatable bonds is 7. The van der Waals surface area contributed by atoms with Crippen molar-refractivity contribution < 1.29 is 13.9 Å². The molecule has 2 aliphatic rings. The average Bonchev–Trinajstić information content (AvgIpc) is 2.74. The van der Waals surface area contributed by atoms with Crippen LogP contribution in [0, 0.1) is 11.7 Å². The molecule has 0 spiro atoms. The largest absolute Gasteiger partial charge is 0.379 e. The zero-order valence-corrected chi connectivity index (χ0v) is 20.6. The number of nitrogens with two attached hydrogens (primary N) is 1. The normalized spacial score (nSPS) is 21.3. The molecule has 0 bridgehead atoms. The first-order valence-corrected chi connectivity index (χ1v) is 11.0. The van der Waals surface area contributed by atoms with Crippen molar-refractivity contribution >= 4 is 35.8 Å². The fourth-order valence-electron chi connectivity index (χ4n) is 4.34. The van der Waals surface area contributed by atoms with E-state index in [4.69, 9.17) is 15.5 Å². The molecule has 0 radical (unpaired) electrons. The summed E-state index contributed by atoms with van der Waals surface area (Å²) >= 11 is 0. The van der Waals surface area contributed by atoms with E-state index in [2.05, 4.69) is 15.1 Å². The van der Waals surface area contributed by atoms with Crippen LogP contribution in [0.25, 0.3) is 0 Å². The van der Waals surface area contributed by atoms with Crippen molar-refractivity contribution in [2.75, 3.05) is 52.5 Å². The van der Waals surface area contributed by atoms with Crippen LogP contribution >= 0.6 is 24.0 Å². The fraction of sp³-hybridized carbons (Fsp3) is 0.636. The molecule has 2 saturated heterocycles. The number of hydrogen-bond acceptors (Lipinski definition) is 4. The van der Waals surface area contributed by atoms with E-state index < -0.39 is 0 Å². The molecule has 3 N–H and O–H groups in total. The smallest absolute Gasteiger partial charge is 0.217 e. The molecule has 2 atom stereocenters. The first-order chi connectivity index (χ1) is 14.6. The number of carbonyl (C=O) groups is 1. The number of halogens is 2. The second-order valence-corrected chi connectivity index (χ2v) is 8.04. The molecule has 1 aromatic rings. The van der Waals surface area contributed by atoms with E-state index >= 15 is 0 Å². The van der Waals surface area contributed by atoms with Crippen LogP contribution in [-0.4, -0.2) is 74.1 Å². The lowest BCUT2D eigenvalue weighted by molar-refractivity contribution is -0.119. The number of amides is 1. The number of likely N-dealkylation sites (tertiary alicyclic amines) is 1. The molecule has 31 heavy (non-hydrogen) atoms. The van der Waals surface area contributed by atoms with Gasteiger partial charge < -0.3 is 20.7 Å². The Hall–Kier alpha value is -1.46. The molecule has 2 heterocycles. The maximum atomic E-state index is 13.9. The van der Waals surface area contributed by atoms with E-state index in [1.807, 2.05) is 13.0 Å². The Balaban J connectivity index is 0.00000341. The second kappa shape index (κ2) is 13.2. The van der Waals surface area contributed by atoms with Crippen molar-refractivity contribution in [3.8, 4) is 0 Å². The first-order valence-electron chi connectivity index (χ1n) is 11.0. The van der Waals surface area contributed by atoms with E-state index in [1.165, 1.54) is 6.07 Å². The van der Waals surface area contributed by atoms with Gasteiger partial charge in [-0.2, -0.15) is 0 Å². The monoisotopic (exact) mass is 547 g/mol. The minimum atomic E-state index is -0.248. The van der Waals surface area contributed by atoms with Crippen molar-refractivity contribution in [2.45, 2.75) is 32.2 Å². The van der Waals surface area contributed by atoms with Gasteiger partial charge in [0.15, 0.2) is 5.96 Å². The lowest BCUT2D eigenvalue weighted by Crippen LogP contribution is -2.47. The number of primary amides is 1. The van der Waals surface area contributed by atoms with Gasteiger partial charge in [0.25, 0.3) is 0 Å². The topological polar surface area (TPSA) is 83.2 Å². The minimum absolute atomic E-state index is 0. The Morgan fingerprint density at radius 3 is 2.81 bits per heavy atom. The van der Waals surface area contributed by atoms with E-state index in [1.54, 1.807) is 12.1 Å². The molecule has 0 aliphatic carbocycles. The molecular formula is C22H35FIN5O2. The number of carbonyl (C=O) groups excluding carboxylic acids is 1. The number of aliphatic imine (C=N–C) groups is 1. The average molecular weight is 547 g/mol. The van der Waals surface area contributed by atoms with Crippen molar-refractivity contribution in [3.05, 3.63) is 35.6 Å². The predicted octanol–water partition coefficient (Wildman–Crippen LogP) is 2.37. The van der Waals surface area contributed by atoms with Crippen molar-refractivity contribution in [1.82, 2.24) is 15.1 Å². The summed E-state index contributed by atoms with van der Waals surface area (Å²) in [5.74, 6) is 0.633. The Kier molecular flexibility index (Phi) is 11.0. The lowest BCUT2D eigenvalue weighted by Gasteiger charge is -2.36. The molecule has 3 rings (SSSR count). The van der Waals surface area contributed by atoms with Crippen molar-refractivity contribution in [1.29, 1.82) is 0 Å². The van der Waals surface area contributed by atoms with Gasteiger partial charge in [-0.15, -0.1) is 24.0 Å². The van der Waals surface area contributed by atoms with Crippen molar-refractivity contribution in [2.24, 2.45) is 16.6 Å². The summed E-state index contributed by atoms with van der Waals surface area (Å²) in [4.78, 5) is 20.8. The first kappa shape index (κ1) is 25.8. The Labute approximate surface area is 201 Å². The summed E-state index contributed by atoms with van der Waals surface area (Å²) in [5.41, 5.74) is 6.34. The number of morpholine rings is 1. The molecule has 2 unspecified atom stereocenters. The zero-order valence-electron chi connectivity index (χ0n) is 18.3. The number of benzene rings is 1. The van der Waals surface area contributed by atoms with E-state index in [0.717, 1.165) is 57.1 Å². The zero-order chi connectivity index (χ0) is 21.3. The Morgan fingerprint density at radius 1 is 1.35 bits per heavy atom. The molecule has 2 aliphatic heterocycles. The third-order valence-electron chi connectivity index (χ3n) is 5.78. The number of nitrogens with zero attached hydrogens (tertiary/aromatic N) is 3. The molecule has 7 nitrogen and oxygen atoms in total. The highest BCUT2D eigenvalue weighted by molar-refractivity contribution is 14.0. The Morgan fingerprint density at radius 2 is 2.13 bits per heavy atom. The standard InChI is InChI=1S/C22H34FN5O2.HI/c1-2-25-22(28-8-4-5-17(16-28)13-21(24)29)26-15-20(27-9-11-30-12-10-27)18-6-3-7-19(23)14-18;/h3,6-7,14,17,20H,2,4-5,8-13,15-16H2,1H3,(H2,24,29)(H,25,26);1H. The van der Waals surface area contributed by atoms with Crippen LogP contribution in [0.2, 0.25) is 0 Å². The van der Waals surface area contributed by atoms with Gasteiger partial charge in [0, 0.05) is 39.1 Å². The highest BCUT2D eigenvalue weighted by Crippen LogP contribution is 2.24. The van der Waals surface area contributed by atoms with E-state index in [-0.39, 0.29) is 47.7 Å². The number of piperidine rings is 1. The molecule has 0 aromatic heterocycles. The van der Waals surface area contributed by atoms with Crippen LogP contribution in [0.5, 0.6) is 0 Å². The SMILES string of the molecule is CCNC(=NCC(c1cccc(F)c1)N1CCOCC1)N1CCCC(CC(N)=O)C1.I. The molecule has 1 aromatic carbocycles. The third-order valence-corrected chi connectivity index (χ3v) is 5.78. The lowest BCUT2D eigenvalue weighted by atomic mass is 9.95. The van der Waals surface area contributed by atoms with Gasteiger partial charge in [-0.25, -0.2) is 4.39 Å². The van der Waals surface area contributed by atoms with Gasteiger partial charge in [-0.3, -0.25) is 14.7 Å². The maximum Gasteiger partial charge on any atom is 0.217 e. The summed E-state index contributed by atoms with van der Waals surface area (Å²) < 4.78 is 19.4. The van der Waals surface area contributed by atoms with Crippen molar-refractivity contribution in [3.63, 3.8) is 0 Å². The summed E-state index contributed by atoms with van der Waals surface area (Å²) in [6.07, 6.45) is 2.44. The highest BCUT2D eigenvalue weighted by atomic mass is 127. The quantitative estimate of drug-likeness (QED) is 0.311. The number of ether oxygens (including phenoxy) is 1. The number of hydrogen-bond donors (Lipinski definition) is 2. The van der Waals surface area contributed by atoms with Gasteiger partial charge in [-0.05, 0) is 43.4 Å². The van der Waals surface area contributed by atoms with Gasteiger partial charge in [-0.1, -0.05) is 12.1 Å². The minimum Gasteiger partial charge on any atom is -0.379 e. The predicted molar refractivity (Wildman–Crippen MR) is 131 cm³/mol. The molecular weight excluding hydrogens is 512 g/mol. The third kappa shape index (κ3) is 7.87. The summed E-state index contributed by atoms with van der Waals surface area (Å²) in [6.45, 7) is 7.98. The number of guanidine groups is 1. The molecule has 1 amide bonds. The van der Waals surface area contributed by atoms with Crippen LogP contribution in [-0.2, 0) is 9.53 Å². The highest BCUT2D eigenvalue weighted by Gasteiger charge is 2.26. The maximum absolute atomic E-state index is 13.9. The summed E-state index contributed by atoms with van der Waals surface area (Å²) in [7, 11) is 0. The van der Waals surface area contributed by atoms with E-state index in [0.29, 0.717) is 26.2 Å². The van der Waals surface area contributed by atoms with Crippen LogP contribution in [0.4, 0.5) is 4.39 Å². The van der Waals surface area contributed by atoms with Crippen LogP contribution in [0.1, 0.15) is 37.8 Å². The summed E-state index contributed by atoms with van der Waals surface area (Å²) in [5, 5.41) is 3.39. The Bertz CT molecular complexity index is 730. The van der Waals surface area contributed by atoms with Gasteiger partial charge in [0.2, 0.25) is 5.91 Å². The van der Waals surface area contributed by atoms with Crippen LogP contribution < -0.4 is 11.1 Å². The molecule has 2 fully saturated rings. The number of nitrogens with one attached hydrogen (secondary N) is 1. The van der Waals surface area contributed by atoms with Crippen LogP contribution in [0.15, 0.2) is 29.3 Å². The van der Waals surface area contributed by atoms with E-state index in [9.17, 15) is 9.18 Å². The fourth-order valence-corrected chi connectivity index (χ4v) is 4.34. The molecule has 9 heteroatoms. The van der Waals surface area contributed by atoms with Gasteiger partial charge in [0.1, 0.15) is 5.82 Å². The van der Waals surface area contributed by atoms with Crippen LogP contribution in [0.3, 0.4) is 0 Å². The molecule has 0 saturated carbocycles. The van der Waals surface area contributed by atoms with Gasteiger partial charge >= 0.3 is 0 Å². The molecule has 174 valence electrons. The second-order valence-electron chi connectivity index (χ2n) is 8.04.